The largest absolute Gasteiger partial charge is 0.295 e. The fourth-order valence-corrected chi connectivity index (χ4v) is 4.46. The van der Waals surface area contributed by atoms with Crippen LogP contribution in [0.4, 0.5) is 0 Å². The zero-order chi connectivity index (χ0) is 22.4. The van der Waals surface area contributed by atoms with Gasteiger partial charge in [0.1, 0.15) is 0 Å². The third kappa shape index (κ3) is 3.35. The number of fused-ring (bicyclic) bond motifs is 4. The maximum atomic E-state index is 11.8. The minimum absolute atomic E-state index is 0.0626. The van der Waals surface area contributed by atoms with Crippen LogP contribution in [-0.2, 0) is 0 Å². The average Bonchev–Trinajstić information content (AvgIpc) is 2.87. The van der Waals surface area contributed by atoms with Gasteiger partial charge in [-0.2, -0.15) is 0 Å². The molecule has 0 atom stereocenters. The molecule has 156 valence electrons. The maximum Gasteiger partial charge on any atom is 0.159 e. The third-order valence-corrected chi connectivity index (χ3v) is 6.16. The molecule has 3 heteroatoms. The Morgan fingerprint density at radius 1 is 0.636 bits per heavy atom. The van der Waals surface area contributed by atoms with Crippen LogP contribution in [0, 0.1) is 0 Å². The summed E-state index contributed by atoms with van der Waals surface area (Å²) in [5.74, 6) is 0.0626. The molecule has 0 N–H and O–H groups in total. The van der Waals surface area contributed by atoms with Gasteiger partial charge in [-0.25, -0.2) is 9.97 Å². The SMILES string of the molecule is CC(=O)c1ccc(-c2cc(-c3ccc4ccccc4n3)nc3ccc4ccccc4c23)cc1. The van der Waals surface area contributed by atoms with Gasteiger partial charge in [-0.3, -0.25) is 4.79 Å². The van der Waals surface area contributed by atoms with E-state index in [9.17, 15) is 4.79 Å². The Hall–Kier alpha value is -4.37. The number of hydrogen-bond donors (Lipinski definition) is 0. The van der Waals surface area contributed by atoms with E-state index in [2.05, 4.69) is 54.6 Å². The number of benzene rings is 4. The molecule has 0 bridgehead atoms. The van der Waals surface area contributed by atoms with Crippen LogP contribution in [-0.4, -0.2) is 15.8 Å². The quantitative estimate of drug-likeness (QED) is 0.219. The highest BCUT2D eigenvalue weighted by Gasteiger charge is 2.14. The number of hydrogen-bond acceptors (Lipinski definition) is 3. The topological polar surface area (TPSA) is 42.9 Å². The summed E-state index contributed by atoms with van der Waals surface area (Å²) in [6.07, 6.45) is 0. The molecule has 0 aliphatic carbocycles. The molecule has 4 aromatic carbocycles. The van der Waals surface area contributed by atoms with Crippen LogP contribution in [0.5, 0.6) is 0 Å². The molecule has 0 radical (unpaired) electrons. The summed E-state index contributed by atoms with van der Waals surface area (Å²) in [6, 6.07) is 34.7. The molecular weight excluding hydrogens is 404 g/mol. The Labute approximate surface area is 191 Å². The highest BCUT2D eigenvalue weighted by atomic mass is 16.1. The predicted molar refractivity (Wildman–Crippen MR) is 135 cm³/mol. The van der Waals surface area contributed by atoms with Gasteiger partial charge in [-0.05, 0) is 53.1 Å². The number of ketones is 1. The van der Waals surface area contributed by atoms with Crippen LogP contribution in [0.15, 0.2) is 103 Å². The number of aromatic nitrogens is 2. The van der Waals surface area contributed by atoms with E-state index in [0.717, 1.165) is 49.7 Å². The van der Waals surface area contributed by atoms with E-state index in [1.165, 1.54) is 5.39 Å². The van der Waals surface area contributed by atoms with Crippen molar-refractivity contribution >= 4 is 38.4 Å². The van der Waals surface area contributed by atoms with Crippen LogP contribution in [0.3, 0.4) is 0 Å². The Bertz CT molecular complexity index is 1680. The van der Waals surface area contributed by atoms with E-state index < -0.39 is 0 Å². The van der Waals surface area contributed by atoms with Crippen LogP contribution >= 0.6 is 0 Å². The molecule has 3 nitrogen and oxygen atoms in total. The molecule has 0 saturated carbocycles. The van der Waals surface area contributed by atoms with Crippen molar-refractivity contribution in [3.63, 3.8) is 0 Å². The van der Waals surface area contributed by atoms with Crippen molar-refractivity contribution in [3.8, 4) is 22.5 Å². The minimum Gasteiger partial charge on any atom is -0.295 e. The normalized spacial score (nSPS) is 11.3. The summed E-state index contributed by atoms with van der Waals surface area (Å²) in [6.45, 7) is 1.59. The zero-order valence-electron chi connectivity index (χ0n) is 18.1. The van der Waals surface area contributed by atoms with Gasteiger partial charge >= 0.3 is 0 Å². The fraction of sp³-hybridized carbons (Fsp3) is 0.0333. The molecule has 0 spiro atoms. The lowest BCUT2D eigenvalue weighted by Gasteiger charge is -2.13. The maximum absolute atomic E-state index is 11.8. The molecule has 0 saturated heterocycles. The summed E-state index contributed by atoms with van der Waals surface area (Å²) >= 11 is 0. The van der Waals surface area contributed by atoms with E-state index in [1.54, 1.807) is 6.92 Å². The molecule has 2 heterocycles. The van der Waals surface area contributed by atoms with Crippen molar-refractivity contribution in [1.29, 1.82) is 0 Å². The Balaban J connectivity index is 1.65. The first-order valence-electron chi connectivity index (χ1n) is 11.0. The van der Waals surface area contributed by atoms with E-state index in [0.29, 0.717) is 5.56 Å². The molecular formula is C30H20N2O. The second kappa shape index (κ2) is 7.64. The lowest BCUT2D eigenvalue weighted by Crippen LogP contribution is -1.94. The number of Topliss-reactive ketones (excluding diaryl/α,β-unsaturated/α-hetero) is 1. The van der Waals surface area contributed by atoms with Gasteiger partial charge in [0, 0.05) is 16.3 Å². The first-order valence-corrected chi connectivity index (χ1v) is 11.0. The first-order chi connectivity index (χ1) is 16.2. The number of nitrogens with zero attached hydrogens (tertiary/aromatic N) is 2. The first kappa shape index (κ1) is 19.3. The van der Waals surface area contributed by atoms with E-state index in [-0.39, 0.29) is 5.78 Å². The second-order valence-corrected chi connectivity index (χ2v) is 8.26. The summed E-state index contributed by atoms with van der Waals surface area (Å²) in [5, 5.41) is 4.54. The number of pyridine rings is 2. The van der Waals surface area contributed by atoms with Crippen molar-refractivity contribution < 1.29 is 4.79 Å². The molecule has 0 aliphatic heterocycles. The van der Waals surface area contributed by atoms with Gasteiger partial charge in [-0.15, -0.1) is 0 Å². The van der Waals surface area contributed by atoms with Crippen LogP contribution in [0.1, 0.15) is 17.3 Å². The molecule has 0 aliphatic rings. The van der Waals surface area contributed by atoms with Crippen molar-refractivity contribution in [2.24, 2.45) is 0 Å². The summed E-state index contributed by atoms with van der Waals surface area (Å²) in [4.78, 5) is 21.7. The second-order valence-electron chi connectivity index (χ2n) is 8.26. The van der Waals surface area contributed by atoms with Crippen molar-refractivity contribution in [3.05, 3.63) is 109 Å². The molecule has 6 aromatic rings. The number of carbonyl (C=O) groups is 1. The van der Waals surface area contributed by atoms with Crippen molar-refractivity contribution in [2.45, 2.75) is 6.92 Å². The van der Waals surface area contributed by atoms with Gasteiger partial charge in [0.15, 0.2) is 5.78 Å². The van der Waals surface area contributed by atoms with E-state index >= 15 is 0 Å². The lowest BCUT2D eigenvalue weighted by molar-refractivity contribution is 0.101. The third-order valence-electron chi connectivity index (χ3n) is 6.16. The smallest absolute Gasteiger partial charge is 0.159 e. The zero-order valence-corrected chi connectivity index (χ0v) is 18.1. The van der Waals surface area contributed by atoms with E-state index in [1.807, 2.05) is 48.5 Å². The van der Waals surface area contributed by atoms with E-state index in [4.69, 9.17) is 9.97 Å². The number of rotatable bonds is 3. The monoisotopic (exact) mass is 424 g/mol. The van der Waals surface area contributed by atoms with Gasteiger partial charge in [0.05, 0.1) is 22.4 Å². The van der Waals surface area contributed by atoms with Crippen LogP contribution in [0.2, 0.25) is 0 Å². The van der Waals surface area contributed by atoms with Crippen molar-refractivity contribution in [2.75, 3.05) is 0 Å². The standard InChI is InChI=1S/C30H20N2O/c1-19(33)20-10-12-22(13-11-20)25-18-29(27-16-15-23-7-3-5-9-26(23)31-27)32-28-17-14-21-6-2-4-8-24(21)30(25)28/h2-18H,1H3. The highest BCUT2D eigenvalue weighted by molar-refractivity contribution is 6.13. The van der Waals surface area contributed by atoms with Gasteiger partial charge < -0.3 is 0 Å². The Kier molecular flexibility index (Phi) is 4.48. The highest BCUT2D eigenvalue weighted by Crippen LogP contribution is 2.36. The van der Waals surface area contributed by atoms with Gasteiger partial charge in [0.2, 0.25) is 0 Å². The van der Waals surface area contributed by atoms with Gasteiger partial charge in [-0.1, -0.05) is 78.9 Å². The molecule has 0 fully saturated rings. The van der Waals surface area contributed by atoms with Crippen LogP contribution < -0.4 is 0 Å². The van der Waals surface area contributed by atoms with Crippen molar-refractivity contribution in [1.82, 2.24) is 9.97 Å². The summed E-state index contributed by atoms with van der Waals surface area (Å²) in [7, 11) is 0. The minimum atomic E-state index is 0.0626. The lowest BCUT2D eigenvalue weighted by atomic mass is 9.94. The molecule has 2 aromatic heterocycles. The number of para-hydroxylation sites is 1. The average molecular weight is 425 g/mol. The summed E-state index contributed by atoms with van der Waals surface area (Å²) in [5.41, 5.74) is 6.37. The molecule has 0 amide bonds. The Morgan fingerprint density at radius 3 is 2.15 bits per heavy atom. The Morgan fingerprint density at radius 2 is 1.33 bits per heavy atom. The summed E-state index contributed by atoms with van der Waals surface area (Å²) < 4.78 is 0. The van der Waals surface area contributed by atoms with Gasteiger partial charge in [0.25, 0.3) is 0 Å². The van der Waals surface area contributed by atoms with Crippen LogP contribution in [0.25, 0.3) is 55.1 Å². The molecule has 0 unspecified atom stereocenters. The molecule has 33 heavy (non-hydrogen) atoms. The number of carbonyl (C=O) groups excluding carboxylic acids is 1. The predicted octanol–water partition coefficient (Wildman–Crippen LogP) is 7.47. The molecule has 6 rings (SSSR count). The fourth-order valence-electron chi connectivity index (χ4n) is 4.46.